The summed E-state index contributed by atoms with van der Waals surface area (Å²) in [6.07, 6.45) is 4.90. The molecule has 1 aromatic carbocycles. The summed E-state index contributed by atoms with van der Waals surface area (Å²) >= 11 is 0. The second-order valence-electron chi connectivity index (χ2n) is 7.40. The summed E-state index contributed by atoms with van der Waals surface area (Å²) < 4.78 is 5.41. The van der Waals surface area contributed by atoms with Crippen LogP contribution in [-0.4, -0.2) is 37.0 Å². The van der Waals surface area contributed by atoms with Gasteiger partial charge in [0.05, 0.1) is 6.26 Å². The van der Waals surface area contributed by atoms with Crippen molar-refractivity contribution in [3.8, 4) is 0 Å². The number of likely N-dealkylation sites (tertiary alicyclic amines) is 1. The standard InChI is InChI=1S/C21H26N2O2/c24-21(19-13-18(19)20-7-4-12-25-20)22-14-17-9-11-23(15-17)10-8-16-5-2-1-3-6-16/h1-7,12,17-19H,8-11,13-15H2,(H,22,24)/t17-,18-,19-/m0/s1. The van der Waals surface area contributed by atoms with Crippen LogP contribution in [0.2, 0.25) is 0 Å². The topological polar surface area (TPSA) is 45.5 Å². The average molecular weight is 338 g/mol. The molecule has 1 N–H and O–H groups in total. The van der Waals surface area contributed by atoms with Crippen LogP contribution in [0.4, 0.5) is 0 Å². The van der Waals surface area contributed by atoms with Gasteiger partial charge >= 0.3 is 0 Å². The Kier molecular flexibility index (Phi) is 4.88. The zero-order chi connectivity index (χ0) is 17.1. The van der Waals surface area contributed by atoms with Crippen LogP contribution in [0.5, 0.6) is 0 Å². The molecule has 4 heteroatoms. The number of nitrogens with zero attached hydrogens (tertiary/aromatic N) is 1. The molecule has 2 aliphatic rings. The molecule has 1 aromatic heterocycles. The third kappa shape index (κ3) is 4.13. The third-order valence-corrected chi connectivity index (χ3v) is 5.53. The van der Waals surface area contributed by atoms with Gasteiger partial charge in [-0.3, -0.25) is 4.79 Å². The lowest BCUT2D eigenvalue weighted by Gasteiger charge is -2.16. The Morgan fingerprint density at radius 2 is 2.08 bits per heavy atom. The first-order valence-electron chi connectivity index (χ1n) is 9.37. The molecule has 0 bridgehead atoms. The summed E-state index contributed by atoms with van der Waals surface area (Å²) in [5.74, 6) is 2.14. The number of hydrogen-bond donors (Lipinski definition) is 1. The lowest BCUT2D eigenvalue weighted by molar-refractivity contribution is -0.122. The number of carbonyl (C=O) groups excluding carboxylic acids is 1. The third-order valence-electron chi connectivity index (χ3n) is 5.53. The highest BCUT2D eigenvalue weighted by molar-refractivity contribution is 5.82. The van der Waals surface area contributed by atoms with Crippen LogP contribution in [0.25, 0.3) is 0 Å². The van der Waals surface area contributed by atoms with Crippen LogP contribution in [0.3, 0.4) is 0 Å². The van der Waals surface area contributed by atoms with Gasteiger partial charge in [0, 0.05) is 31.5 Å². The van der Waals surface area contributed by atoms with E-state index >= 15 is 0 Å². The molecule has 4 rings (SSSR count). The van der Waals surface area contributed by atoms with Crippen molar-refractivity contribution in [1.29, 1.82) is 0 Å². The molecule has 1 saturated carbocycles. The van der Waals surface area contributed by atoms with Crippen LogP contribution >= 0.6 is 0 Å². The summed E-state index contributed by atoms with van der Waals surface area (Å²) in [6.45, 7) is 4.16. The highest BCUT2D eigenvalue weighted by Crippen LogP contribution is 2.47. The fraction of sp³-hybridized carbons (Fsp3) is 0.476. The first-order chi connectivity index (χ1) is 12.3. The molecule has 2 aromatic rings. The minimum atomic E-state index is 0.113. The maximum atomic E-state index is 12.3. The molecule has 0 unspecified atom stereocenters. The molecule has 2 heterocycles. The SMILES string of the molecule is O=C(NC[C@@H]1CCN(CCc2ccccc2)C1)[C@H]1C[C@@H]1c1ccco1. The van der Waals surface area contributed by atoms with E-state index in [4.69, 9.17) is 4.42 Å². The summed E-state index contributed by atoms with van der Waals surface area (Å²) in [5.41, 5.74) is 1.40. The summed E-state index contributed by atoms with van der Waals surface area (Å²) in [7, 11) is 0. The van der Waals surface area contributed by atoms with Gasteiger partial charge < -0.3 is 14.6 Å². The highest BCUT2D eigenvalue weighted by atomic mass is 16.3. The van der Waals surface area contributed by atoms with E-state index in [2.05, 4.69) is 40.5 Å². The molecular weight excluding hydrogens is 312 g/mol. The average Bonchev–Trinajstić information content (AvgIpc) is 3.06. The summed E-state index contributed by atoms with van der Waals surface area (Å²) in [6, 6.07) is 14.5. The monoisotopic (exact) mass is 338 g/mol. The number of nitrogens with one attached hydrogen (secondary N) is 1. The molecule has 4 nitrogen and oxygen atoms in total. The Balaban J connectivity index is 1.16. The van der Waals surface area contributed by atoms with E-state index in [1.807, 2.05) is 12.1 Å². The Morgan fingerprint density at radius 3 is 2.88 bits per heavy atom. The summed E-state index contributed by atoms with van der Waals surface area (Å²) in [4.78, 5) is 14.8. The van der Waals surface area contributed by atoms with Crippen LogP contribution in [0.15, 0.2) is 53.1 Å². The predicted molar refractivity (Wildman–Crippen MR) is 97.3 cm³/mol. The number of benzene rings is 1. The van der Waals surface area contributed by atoms with Gasteiger partial charge in [-0.05, 0) is 49.4 Å². The zero-order valence-electron chi connectivity index (χ0n) is 14.6. The minimum Gasteiger partial charge on any atom is -0.469 e. The maximum Gasteiger partial charge on any atom is 0.223 e. The molecule has 1 amide bonds. The summed E-state index contributed by atoms with van der Waals surface area (Å²) in [5, 5.41) is 3.17. The Bertz CT molecular complexity index is 683. The molecule has 3 atom stereocenters. The molecule has 1 saturated heterocycles. The first kappa shape index (κ1) is 16.4. The predicted octanol–water partition coefficient (Wildman–Crippen LogP) is 3.06. The van der Waals surface area contributed by atoms with Crippen molar-refractivity contribution in [1.82, 2.24) is 10.2 Å². The van der Waals surface area contributed by atoms with Crippen molar-refractivity contribution in [3.63, 3.8) is 0 Å². The molecule has 1 aliphatic carbocycles. The van der Waals surface area contributed by atoms with Crippen LogP contribution < -0.4 is 5.32 Å². The van der Waals surface area contributed by atoms with Gasteiger partial charge in [-0.25, -0.2) is 0 Å². The van der Waals surface area contributed by atoms with E-state index in [0.29, 0.717) is 11.8 Å². The second kappa shape index (κ2) is 7.44. The van der Waals surface area contributed by atoms with Crippen molar-refractivity contribution in [3.05, 3.63) is 60.1 Å². The van der Waals surface area contributed by atoms with E-state index in [-0.39, 0.29) is 11.8 Å². The van der Waals surface area contributed by atoms with E-state index in [0.717, 1.165) is 44.8 Å². The lowest BCUT2D eigenvalue weighted by Crippen LogP contribution is -2.32. The number of rotatable bonds is 7. The van der Waals surface area contributed by atoms with Crippen LogP contribution in [-0.2, 0) is 11.2 Å². The second-order valence-corrected chi connectivity index (χ2v) is 7.40. The van der Waals surface area contributed by atoms with Gasteiger partial charge in [-0.15, -0.1) is 0 Å². The van der Waals surface area contributed by atoms with Crippen molar-refractivity contribution in [2.45, 2.75) is 25.2 Å². The lowest BCUT2D eigenvalue weighted by atomic mass is 10.1. The maximum absolute atomic E-state index is 12.3. The molecule has 25 heavy (non-hydrogen) atoms. The molecule has 0 spiro atoms. The van der Waals surface area contributed by atoms with Gasteiger partial charge in [-0.1, -0.05) is 30.3 Å². The van der Waals surface area contributed by atoms with Crippen molar-refractivity contribution in [2.24, 2.45) is 11.8 Å². The van der Waals surface area contributed by atoms with E-state index in [9.17, 15) is 4.79 Å². The first-order valence-corrected chi connectivity index (χ1v) is 9.37. The Labute approximate surface area is 149 Å². The van der Waals surface area contributed by atoms with Crippen LogP contribution in [0, 0.1) is 11.8 Å². The fourth-order valence-electron chi connectivity index (χ4n) is 3.89. The van der Waals surface area contributed by atoms with Crippen molar-refractivity contribution in [2.75, 3.05) is 26.2 Å². The van der Waals surface area contributed by atoms with Gasteiger partial charge in [0.15, 0.2) is 0 Å². The molecule has 132 valence electrons. The van der Waals surface area contributed by atoms with E-state index in [1.165, 1.54) is 12.0 Å². The normalized spacial score (nSPS) is 25.8. The smallest absolute Gasteiger partial charge is 0.223 e. The number of hydrogen-bond acceptors (Lipinski definition) is 3. The molecule has 1 aliphatic heterocycles. The minimum absolute atomic E-state index is 0.113. The van der Waals surface area contributed by atoms with Crippen LogP contribution in [0.1, 0.15) is 30.1 Å². The zero-order valence-corrected chi connectivity index (χ0v) is 14.6. The number of amides is 1. The molecule has 0 radical (unpaired) electrons. The fourth-order valence-corrected chi connectivity index (χ4v) is 3.89. The van der Waals surface area contributed by atoms with Gasteiger partial charge in [0.2, 0.25) is 5.91 Å². The largest absolute Gasteiger partial charge is 0.469 e. The quantitative estimate of drug-likeness (QED) is 0.844. The Morgan fingerprint density at radius 1 is 1.20 bits per heavy atom. The van der Waals surface area contributed by atoms with E-state index in [1.54, 1.807) is 6.26 Å². The highest BCUT2D eigenvalue weighted by Gasteiger charge is 2.45. The number of furan rings is 1. The van der Waals surface area contributed by atoms with Crippen molar-refractivity contribution >= 4 is 5.91 Å². The van der Waals surface area contributed by atoms with Crippen molar-refractivity contribution < 1.29 is 9.21 Å². The van der Waals surface area contributed by atoms with Gasteiger partial charge in [0.25, 0.3) is 0 Å². The Hall–Kier alpha value is -2.07. The molecular formula is C21H26N2O2. The number of carbonyl (C=O) groups is 1. The van der Waals surface area contributed by atoms with E-state index < -0.39 is 0 Å². The van der Waals surface area contributed by atoms with Gasteiger partial charge in [0.1, 0.15) is 5.76 Å². The van der Waals surface area contributed by atoms with Gasteiger partial charge in [-0.2, -0.15) is 0 Å². The molecule has 2 fully saturated rings.